The molecule has 1 aromatic heterocycles. The Bertz CT molecular complexity index is 675. The Balaban J connectivity index is 1.37. The lowest BCUT2D eigenvalue weighted by Gasteiger charge is -2.38. The summed E-state index contributed by atoms with van der Waals surface area (Å²) in [5.41, 5.74) is 3.43. The lowest BCUT2D eigenvalue weighted by molar-refractivity contribution is -0.134. The van der Waals surface area contributed by atoms with E-state index in [1.54, 1.807) is 6.20 Å². The quantitative estimate of drug-likeness (QED) is 0.941. The zero-order valence-electron chi connectivity index (χ0n) is 12.4. The number of aromatic nitrogens is 2. The van der Waals surface area contributed by atoms with E-state index in [1.807, 2.05) is 23.1 Å². The van der Waals surface area contributed by atoms with E-state index in [1.165, 1.54) is 5.56 Å². The van der Waals surface area contributed by atoms with Crippen molar-refractivity contribution in [3.63, 3.8) is 0 Å². The number of hydrogen-bond acceptors (Lipinski definition) is 3. The van der Waals surface area contributed by atoms with Crippen molar-refractivity contribution in [3.05, 3.63) is 47.3 Å². The normalized spacial score (nSPS) is 17.5. The summed E-state index contributed by atoms with van der Waals surface area (Å²) in [5.74, 6) is 1.58. The van der Waals surface area contributed by atoms with Crippen molar-refractivity contribution in [2.24, 2.45) is 0 Å². The first-order valence-electron chi connectivity index (χ1n) is 7.81. The van der Waals surface area contributed by atoms with Crippen molar-refractivity contribution in [1.29, 1.82) is 0 Å². The van der Waals surface area contributed by atoms with Crippen LogP contribution >= 0.6 is 0 Å². The molecule has 3 heterocycles. The van der Waals surface area contributed by atoms with Crippen LogP contribution in [0.25, 0.3) is 0 Å². The highest BCUT2D eigenvalue weighted by Gasteiger charge is 2.32. The third kappa shape index (κ3) is 2.47. The third-order valence-corrected chi connectivity index (χ3v) is 4.52. The predicted octanol–water partition coefficient (Wildman–Crippen LogP) is 1.90. The van der Waals surface area contributed by atoms with E-state index in [9.17, 15) is 4.79 Å². The summed E-state index contributed by atoms with van der Waals surface area (Å²) in [6, 6.07) is 8.11. The number of aryl methyl sites for hydroxylation is 1. The monoisotopic (exact) mass is 297 g/mol. The Hall–Kier alpha value is -2.30. The molecule has 1 fully saturated rings. The molecule has 0 radical (unpaired) electrons. The van der Waals surface area contributed by atoms with Crippen LogP contribution in [0.4, 0.5) is 0 Å². The number of nitrogens with one attached hydrogen (secondary N) is 1. The number of likely N-dealkylation sites (tertiary alicyclic amines) is 1. The van der Waals surface area contributed by atoms with Gasteiger partial charge in [-0.15, -0.1) is 0 Å². The fourth-order valence-corrected chi connectivity index (χ4v) is 3.18. The second-order valence-corrected chi connectivity index (χ2v) is 6.08. The molecule has 2 aliphatic rings. The van der Waals surface area contributed by atoms with Gasteiger partial charge in [0.1, 0.15) is 5.75 Å². The highest BCUT2D eigenvalue weighted by molar-refractivity contribution is 5.80. The van der Waals surface area contributed by atoms with Crippen molar-refractivity contribution in [3.8, 4) is 5.75 Å². The Labute approximate surface area is 129 Å². The molecule has 0 aliphatic carbocycles. The molecule has 1 amide bonds. The summed E-state index contributed by atoms with van der Waals surface area (Å²) < 4.78 is 5.61. The molecule has 114 valence electrons. The van der Waals surface area contributed by atoms with Crippen LogP contribution < -0.4 is 4.74 Å². The van der Waals surface area contributed by atoms with E-state index in [4.69, 9.17) is 4.74 Å². The lowest BCUT2D eigenvalue weighted by Crippen LogP contribution is -2.49. The van der Waals surface area contributed by atoms with E-state index >= 15 is 0 Å². The Morgan fingerprint density at radius 3 is 3.09 bits per heavy atom. The van der Waals surface area contributed by atoms with Crippen LogP contribution in [0.2, 0.25) is 0 Å². The SMILES string of the molecule is O=C(Cc1ccc2c(c1)CCCO2)N1CC(c2ccn[nH]2)C1. The van der Waals surface area contributed by atoms with Gasteiger partial charge in [0.25, 0.3) is 0 Å². The van der Waals surface area contributed by atoms with Gasteiger partial charge in [-0.1, -0.05) is 12.1 Å². The number of carbonyl (C=O) groups excluding carboxylic acids is 1. The molecule has 0 spiro atoms. The number of H-pyrrole nitrogens is 1. The number of hydrogen-bond donors (Lipinski definition) is 1. The van der Waals surface area contributed by atoms with Gasteiger partial charge >= 0.3 is 0 Å². The van der Waals surface area contributed by atoms with Gasteiger partial charge in [-0.2, -0.15) is 5.10 Å². The van der Waals surface area contributed by atoms with Crippen molar-refractivity contribution >= 4 is 5.91 Å². The predicted molar refractivity (Wildman–Crippen MR) is 81.9 cm³/mol. The van der Waals surface area contributed by atoms with Gasteiger partial charge in [0.05, 0.1) is 13.0 Å². The van der Waals surface area contributed by atoms with E-state index in [-0.39, 0.29) is 5.91 Å². The van der Waals surface area contributed by atoms with Gasteiger partial charge in [-0.25, -0.2) is 0 Å². The molecule has 5 nitrogen and oxygen atoms in total. The van der Waals surface area contributed by atoms with Crippen LogP contribution in [0.1, 0.15) is 29.2 Å². The maximum atomic E-state index is 12.3. The number of rotatable bonds is 3. The summed E-state index contributed by atoms with van der Waals surface area (Å²) in [7, 11) is 0. The summed E-state index contributed by atoms with van der Waals surface area (Å²) in [4.78, 5) is 14.3. The van der Waals surface area contributed by atoms with Crippen molar-refractivity contribution in [2.45, 2.75) is 25.2 Å². The first kappa shape index (κ1) is 13.4. The molecule has 0 atom stereocenters. The van der Waals surface area contributed by atoms with E-state index in [0.717, 1.165) is 49.5 Å². The van der Waals surface area contributed by atoms with E-state index in [2.05, 4.69) is 16.3 Å². The second-order valence-electron chi connectivity index (χ2n) is 6.08. The number of aromatic amines is 1. The summed E-state index contributed by atoms with van der Waals surface area (Å²) in [5, 5.41) is 6.94. The van der Waals surface area contributed by atoms with Crippen molar-refractivity contribution in [1.82, 2.24) is 15.1 Å². The topological polar surface area (TPSA) is 58.2 Å². The van der Waals surface area contributed by atoms with Gasteiger partial charge in [0.2, 0.25) is 5.91 Å². The largest absolute Gasteiger partial charge is 0.493 e. The van der Waals surface area contributed by atoms with E-state index in [0.29, 0.717) is 12.3 Å². The number of amides is 1. The fraction of sp³-hybridized carbons (Fsp3) is 0.412. The van der Waals surface area contributed by atoms with Crippen LogP contribution in [0.5, 0.6) is 5.75 Å². The molecule has 0 saturated carbocycles. The Morgan fingerprint density at radius 2 is 2.27 bits per heavy atom. The van der Waals surface area contributed by atoms with Gasteiger partial charge in [0.15, 0.2) is 0 Å². The zero-order valence-corrected chi connectivity index (χ0v) is 12.4. The van der Waals surface area contributed by atoms with Crippen LogP contribution in [0.3, 0.4) is 0 Å². The molecule has 0 unspecified atom stereocenters. The minimum Gasteiger partial charge on any atom is -0.493 e. The first-order valence-corrected chi connectivity index (χ1v) is 7.81. The molecule has 5 heteroatoms. The van der Waals surface area contributed by atoms with Crippen molar-refractivity contribution < 1.29 is 9.53 Å². The molecule has 4 rings (SSSR count). The average Bonchev–Trinajstić information content (AvgIpc) is 2.99. The van der Waals surface area contributed by atoms with Gasteiger partial charge in [0, 0.05) is 30.9 Å². The lowest BCUT2D eigenvalue weighted by atomic mass is 9.95. The number of ether oxygens (including phenoxy) is 1. The van der Waals surface area contributed by atoms with Crippen LogP contribution in [0, 0.1) is 0 Å². The maximum Gasteiger partial charge on any atom is 0.227 e. The summed E-state index contributed by atoms with van der Waals surface area (Å²) in [6.45, 7) is 2.37. The number of nitrogens with zero attached hydrogens (tertiary/aromatic N) is 2. The fourth-order valence-electron chi connectivity index (χ4n) is 3.18. The summed E-state index contributed by atoms with van der Waals surface area (Å²) in [6.07, 6.45) is 4.34. The molecule has 1 N–H and O–H groups in total. The molecule has 1 saturated heterocycles. The maximum absolute atomic E-state index is 12.3. The van der Waals surface area contributed by atoms with Crippen LogP contribution in [-0.4, -0.2) is 40.7 Å². The second kappa shape index (κ2) is 5.48. The Morgan fingerprint density at radius 1 is 1.36 bits per heavy atom. The molecular weight excluding hydrogens is 278 g/mol. The molecular formula is C17H19N3O2. The molecule has 2 aliphatic heterocycles. The Kier molecular flexibility index (Phi) is 3.33. The van der Waals surface area contributed by atoms with E-state index < -0.39 is 0 Å². The highest BCUT2D eigenvalue weighted by atomic mass is 16.5. The first-order chi connectivity index (χ1) is 10.8. The number of carbonyl (C=O) groups is 1. The van der Waals surface area contributed by atoms with Crippen LogP contribution in [0.15, 0.2) is 30.5 Å². The average molecular weight is 297 g/mol. The molecule has 22 heavy (non-hydrogen) atoms. The van der Waals surface area contributed by atoms with Crippen LogP contribution in [-0.2, 0) is 17.6 Å². The molecule has 0 bridgehead atoms. The van der Waals surface area contributed by atoms with Gasteiger partial charge in [-0.3, -0.25) is 9.89 Å². The third-order valence-electron chi connectivity index (χ3n) is 4.52. The highest BCUT2D eigenvalue weighted by Crippen LogP contribution is 2.28. The minimum absolute atomic E-state index is 0.201. The smallest absolute Gasteiger partial charge is 0.227 e. The van der Waals surface area contributed by atoms with Crippen molar-refractivity contribution in [2.75, 3.05) is 19.7 Å². The van der Waals surface area contributed by atoms with Gasteiger partial charge < -0.3 is 9.64 Å². The number of fused-ring (bicyclic) bond motifs is 1. The van der Waals surface area contributed by atoms with Gasteiger partial charge in [-0.05, 0) is 36.1 Å². The molecule has 1 aromatic carbocycles. The summed E-state index contributed by atoms with van der Waals surface area (Å²) >= 11 is 0. The number of benzene rings is 1. The standard InChI is InChI=1S/C17H19N3O2/c21-17(20-10-14(11-20)15-5-6-18-19-15)9-12-3-4-16-13(8-12)2-1-7-22-16/h3-6,8,14H,1-2,7,9-11H2,(H,18,19). The minimum atomic E-state index is 0.201. The molecule has 2 aromatic rings. The zero-order chi connectivity index (χ0) is 14.9.